The summed E-state index contributed by atoms with van der Waals surface area (Å²) in [5.74, 6) is 0.500. The van der Waals surface area contributed by atoms with Crippen molar-refractivity contribution >= 4 is 29.1 Å². The van der Waals surface area contributed by atoms with Crippen LogP contribution < -0.4 is 21.5 Å². The van der Waals surface area contributed by atoms with Crippen LogP contribution in [0.1, 0.15) is 41.7 Å². The average Bonchev–Trinajstić information content (AvgIpc) is 2.73. The molecule has 0 aliphatic heterocycles. The van der Waals surface area contributed by atoms with Gasteiger partial charge < -0.3 is 26.0 Å². The van der Waals surface area contributed by atoms with Crippen molar-refractivity contribution < 1.29 is 14.0 Å². The minimum Gasteiger partial charge on any atom is -0.497 e. The summed E-state index contributed by atoms with van der Waals surface area (Å²) >= 11 is 5.82. The molecule has 1 amide bonds. The number of quaternary nitrogens is 1. The molecule has 31 heavy (non-hydrogen) atoms. The molecule has 1 aromatic heterocycles. The molecular weight excluding hydrogens is 416 g/mol. The lowest BCUT2D eigenvalue weighted by Crippen LogP contribution is -2.41. The van der Waals surface area contributed by atoms with Crippen molar-refractivity contribution in [1.82, 2.24) is 15.3 Å². The Kier molecular flexibility index (Phi) is 9.33. The molecule has 0 fully saturated rings. The van der Waals surface area contributed by atoms with Gasteiger partial charge in [-0.1, -0.05) is 23.7 Å². The van der Waals surface area contributed by atoms with Crippen molar-refractivity contribution in [2.24, 2.45) is 0 Å². The Morgan fingerprint density at radius 1 is 1.03 bits per heavy atom. The second kappa shape index (κ2) is 11.7. The van der Waals surface area contributed by atoms with Crippen LogP contribution >= 0.6 is 11.6 Å². The number of nitrogens with two attached hydrogens (primary N) is 2. The van der Waals surface area contributed by atoms with Crippen LogP contribution in [-0.4, -0.2) is 61.2 Å². The van der Waals surface area contributed by atoms with Crippen LogP contribution in [0.15, 0.2) is 24.3 Å². The molecule has 0 spiro atoms. The van der Waals surface area contributed by atoms with E-state index in [0.717, 1.165) is 55.4 Å². The molecule has 1 heterocycles. The van der Waals surface area contributed by atoms with Gasteiger partial charge in [-0.2, -0.15) is 0 Å². The Balaban J connectivity index is 1.61. The van der Waals surface area contributed by atoms with Gasteiger partial charge in [-0.05, 0) is 43.4 Å². The molecule has 0 radical (unpaired) electrons. The number of hydrogen-bond acceptors (Lipinski definition) is 6. The smallest absolute Gasteiger partial charge is 0.273 e. The molecule has 1 aromatic carbocycles. The summed E-state index contributed by atoms with van der Waals surface area (Å²) in [7, 11) is 6.22. The molecule has 0 bridgehead atoms. The minimum absolute atomic E-state index is 0.00820. The zero-order valence-corrected chi connectivity index (χ0v) is 19.4. The van der Waals surface area contributed by atoms with E-state index in [-0.39, 0.29) is 28.4 Å². The highest BCUT2D eigenvalue weighted by Crippen LogP contribution is 2.17. The Labute approximate surface area is 189 Å². The van der Waals surface area contributed by atoms with Gasteiger partial charge >= 0.3 is 0 Å². The van der Waals surface area contributed by atoms with Crippen LogP contribution in [0.25, 0.3) is 0 Å². The second-order valence-corrected chi connectivity index (χ2v) is 8.64. The normalized spacial score (nSPS) is 11.4. The first-order valence-electron chi connectivity index (χ1n) is 10.5. The quantitative estimate of drug-likeness (QED) is 0.339. The molecule has 0 aliphatic carbocycles. The van der Waals surface area contributed by atoms with Gasteiger partial charge in [0.05, 0.1) is 34.3 Å². The molecule has 0 unspecified atom stereocenters. The minimum atomic E-state index is -0.387. The van der Waals surface area contributed by atoms with E-state index in [2.05, 4.69) is 41.5 Å². The molecule has 5 N–H and O–H groups in total. The third-order valence-corrected chi connectivity index (χ3v) is 5.51. The Hall–Kier alpha value is -2.58. The fourth-order valence-corrected chi connectivity index (χ4v) is 3.48. The number of methoxy groups -OCH3 is 1. The number of carbonyl (C=O) groups is 1. The van der Waals surface area contributed by atoms with E-state index in [4.69, 9.17) is 27.8 Å². The van der Waals surface area contributed by atoms with E-state index in [0.29, 0.717) is 6.54 Å². The fraction of sp³-hybridized carbons (Fsp3) is 0.500. The van der Waals surface area contributed by atoms with Gasteiger partial charge in [-0.25, -0.2) is 9.97 Å². The number of benzene rings is 1. The average molecular weight is 450 g/mol. The zero-order chi connectivity index (χ0) is 22.9. The van der Waals surface area contributed by atoms with Crippen LogP contribution in [0.4, 0.5) is 11.6 Å². The number of aromatic nitrogens is 2. The lowest BCUT2D eigenvalue weighted by molar-refractivity contribution is -0.890. The molecular formula is C22H34ClN6O2+. The first-order chi connectivity index (χ1) is 14.7. The van der Waals surface area contributed by atoms with Gasteiger partial charge in [0.1, 0.15) is 5.75 Å². The van der Waals surface area contributed by atoms with Crippen LogP contribution in [0, 0.1) is 0 Å². The summed E-state index contributed by atoms with van der Waals surface area (Å²) in [6.45, 7) is 2.77. The summed E-state index contributed by atoms with van der Waals surface area (Å²) in [4.78, 5) is 19.9. The highest BCUT2D eigenvalue weighted by Gasteiger charge is 2.16. The highest BCUT2D eigenvalue weighted by molar-refractivity contribution is 6.31. The van der Waals surface area contributed by atoms with E-state index in [1.165, 1.54) is 5.56 Å². The van der Waals surface area contributed by atoms with Crippen molar-refractivity contribution in [2.45, 2.75) is 32.1 Å². The third kappa shape index (κ3) is 8.22. The van der Waals surface area contributed by atoms with Crippen LogP contribution in [0.5, 0.6) is 5.75 Å². The van der Waals surface area contributed by atoms with E-state index < -0.39 is 0 Å². The van der Waals surface area contributed by atoms with Gasteiger partial charge in [0.25, 0.3) is 5.91 Å². The van der Waals surface area contributed by atoms with Crippen molar-refractivity contribution in [1.29, 1.82) is 0 Å². The maximum absolute atomic E-state index is 12.2. The van der Waals surface area contributed by atoms with Crippen LogP contribution in [-0.2, 0) is 6.42 Å². The van der Waals surface area contributed by atoms with Gasteiger partial charge in [0.15, 0.2) is 22.5 Å². The number of anilines is 2. The van der Waals surface area contributed by atoms with Crippen molar-refractivity contribution in [3.63, 3.8) is 0 Å². The number of halogens is 1. The molecule has 9 heteroatoms. The SMILES string of the molecule is COc1ccc(CCC[N+](C)(C)CCCCCNC(=O)c2nc(Cl)c(N)nc2N)cc1. The largest absolute Gasteiger partial charge is 0.497 e. The number of rotatable bonds is 12. The number of unbranched alkanes of at least 4 members (excludes halogenated alkanes) is 2. The molecule has 2 rings (SSSR count). The van der Waals surface area contributed by atoms with Gasteiger partial charge in [0, 0.05) is 13.0 Å². The fourth-order valence-electron chi connectivity index (χ4n) is 3.35. The van der Waals surface area contributed by atoms with Crippen molar-refractivity contribution in [2.75, 3.05) is 52.3 Å². The molecule has 2 aromatic rings. The Morgan fingerprint density at radius 2 is 1.71 bits per heavy atom. The summed E-state index contributed by atoms with van der Waals surface area (Å²) < 4.78 is 6.19. The van der Waals surface area contributed by atoms with Crippen molar-refractivity contribution in [3.05, 3.63) is 40.7 Å². The number of carbonyl (C=O) groups excluding carboxylic acids is 1. The number of amides is 1. The summed E-state index contributed by atoms with van der Waals surface area (Å²) in [6.07, 6.45) is 5.22. The second-order valence-electron chi connectivity index (χ2n) is 8.28. The highest BCUT2D eigenvalue weighted by atomic mass is 35.5. The molecule has 8 nitrogen and oxygen atoms in total. The molecule has 0 saturated heterocycles. The number of nitrogens with zero attached hydrogens (tertiary/aromatic N) is 3. The van der Waals surface area contributed by atoms with Crippen LogP contribution in [0.2, 0.25) is 5.15 Å². The van der Waals surface area contributed by atoms with Gasteiger partial charge in [-0.3, -0.25) is 4.79 Å². The Bertz CT molecular complexity index is 858. The number of nitrogens with one attached hydrogen (secondary N) is 1. The first-order valence-corrected chi connectivity index (χ1v) is 10.9. The maximum atomic E-state index is 12.2. The van der Waals surface area contributed by atoms with E-state index in [1.807, 2.05) is 12.1 Å². The first kappa shape index (κ1) is 24.7. The Morgan fingerprint density at radius 3 is 2.39 bits per heavy atom. The summed E-state index contributed by atoms with van der Waals surface area (Å²) in [5, 5.41) is 2.79. The van der Waals surface area contributed by atoms with Gasteiger partial charge in [0.2, 0.25) is 0 Å². The van der Waals surface area contributed by atoms with Crippen molar-refractivity contribution in [3.8, 4) is 5.75 Å². The van der Waals surface area contributed by atoms with E-state index in [1.54, 1.807) is 7.11 Å². The number of ether oxygens (including phenoxy) is 1. The predicted octanol–water partition coefficient (Wildman–Crippen LogP) is 2.91. The number of hydrogen-bond donors (Lipinski definition) is 3. The topological polar surface area (TPSA) is 116 Å². The predicted molar refractivity (Wildman–Crippen MR) is 125 cm³/mol. The number of aryl methyl sites for hydroxylation is 1. The summed E-state index contributed by atoms with van der Waals surface area (Å²) in [5.41, 5.74) is 12.6. The van der Waals surface area contributed by atoms with E-state index in [9.17, 15) is 4.79 Å². The molecule has 0 saturated carbocycles. The third-order valence-electron chi connectivity index (χ3n) is 5.23. The monoisotopic (exact) mass is 449 g/mol. The van der Waals surface area contributed by atoms with Crippen LogP contribution in [0.3, 0.4) is 0 Å². The maximum Gasteiger partial charge on any atom is 0.273 e. The molecule has 0 aliphatic rings. The molecule has 170 valence electrons. The lowest BCUT2D eigenvalue weighted by atomic mass is 10.1. The summed E-state index contributed by atoms with van der Waals surface area (Å²) in [6, 6.07) is 8.28. The zero-order valence-electron chi connectivity index (χ0n) is 18.7. The van der Waals surface area contributed by atoms with E-state index >= 15 is 0 Å². The molecule has 0 atom stereocenters. The van der Waals surface area contributed by atoms with Gasteiger partial charge in [-0.15, -0.1) is 0 Å². The lowest BCUT2D eigenvalue weighted by Gasteiger charge is -2.30. The number of nitrogen functional groups attached to an aromatic ring is 2. The standard InChI is InChI=1S/C22H33ClN6O2/c1-29(2,15-7-8-16-9-11-17(31-3)12-10-16)14-6-4-5-13-26-22(30)18-20(24)28-21(25)19(23)27-18/h9-12H,4-8,13-15H2,1-3H3,(H4-,24,25,26,28,30)/p+1.